The van der Waals surface area contributed by atoms with Crippen molar-refractivity contribution < 1.29 is 0 Å². The van der Waals surface area contributed by atoms with Gasteiger partial charge in [-0.1, -0.05) is 219 Å². The van der Waals surface area contributed by atoms with Crippen LogP contribution in [0.4, 0.5) is 0 Å². The SMILES string of the molecule is CCCCCCCCCCCCCCCCCCN(C)CN1C(=S)N(CN(C)CCCCCCCCCCCCCCCCCC)C(C)(C)C1=S. The van der Waals surface area contributed by atoms with Gasteiger partial charge in [0.15, 0.2) is 5.11 Å². The highest BCUT2D eigenvalue weighted by atomic mass is 32.1. The van der Waals surface area contributed by atoms with Crippen LogP contribution in [0.3, 0.4) is 0 Å². The summed E-state index contributed by atoms with van der Waals surface area (Å²) in [5.74, 6) is 0. The Kier molecular flexibility index (Phi) is 31.6. The lowest BCUT2D eigenvalue weighted by Crippen LogP contribution is -2.48. The first-order chi connectivity index (χ1) is 24.8. The van der Waals surface area contributed by atoms with E-state index in [1.807, 2.05) is 0 Å². The van der Waals surface area contributed by atoms with Crippen LogP contribution >= 0.6 is 24.4 Å². The lowest BCUT2D eigenvalue weighted by Gasteiger charge is -2.34. The van der Waals surface area contributed by atoms with Gasteiger partial charge in [0.05, 0.1) is 18.9 Å². The molecule has 1 rings (SSSR count). The van der Waals surface area contributed by atoms with Crippen molar-refractivity contribution in [2.24, 2.45) is 0 Å². The van der Waals surface area contributed by atoms with Crippen LogP contribution in [0.25, 0.3) is 0 Å². The Balaban J connectivity index is 2.07. The normalized spacial score (nSPS) is 14.7. The van der Waals surface area contributed by atoms with E-state index in [4.69, 9.17) is 24.4 Å². The van der Waals surface area contributed by atoms with Gasteiger partial charge in [0, 0.05) is 0 Å². The molecule has 0 saturated carbocycles. The largest absolute Gasteiger partial charge is 0.324 e. The molecule has 1 saturated heterocycles. The molecule has 0 aromatic carbocycles. The molecule has 1 aliphatic heterocycles. The summed E-state index contributed by atoms with van der Waals surface area (Å²) in [6.45, 7) is 13.0. The van der Waals surface area contributed by atoms with Gasteiger partial charge in [-0.2, -0.15) is 0 Å². The van der Waals surface area contributed by atoms with Gasteiger partial charge >= 0.3 is 0 Å². The number of hydrogen-bond acceptors (Lipinski definition) is 4. The molecule has 0 N–H and O–H groups in total. The molecule has 0 radical (unpaired) electrons. The van der Waals surface area contributed by atoms with Crippen molar-refractivity contribution in [3.05, 3.63) is 0 Å². The van der Waals surface area contributed by atoms with E-state index in [0.717, 1.165) is 36.5 Å². The first-order valence-corrected chi connectivity index (χ1v) is 23.6. The van der Waals surface area contributed by atoms with Crippen LogP contribution in [-0.4, -0.2) is 75.8 Å². The summed E-state index contributed by atoms with van der Waals surface area (Å²) in [6.07, 6.45) is 45.3. The molecule has 51 heavy (non-hydrogen) atoms. The van der Waals surface area contributed by atoms with Gasteiger partial charge in [-0.3, -0.25) is 14.7 Å². The fourth-order valence-electron chi connectivity index (χ4n) is 7.76. The summed E-state index contributed by atoms with van der Waals surface area (Å²) < 4.78 is 0. The molecule has 1 aliphatic rings. The maximum Gasteiger partial charge on any atom is 0.179 e. The summed E-state index contributed by atoms with van der Waals surface area (Å²) in [5, 5.41) is 0.905. The first kappa shape index (κ1) is 48.7. The maximum absolute atomic E-state index is 6.04. The van der Waals surface area contributed by atoms with Crippen LogP contribution in [0.2, 0.25) is 0 Å². The van der Waals surface area contributed by atoms with Crippen molar-refractivity contribution >= 4 is 34.5 Å². The zero-order valence-electron chi connectivity index (χ0n) is 35.6. The van der Waals surface area contributed by atoms with Gasteiger partial charge in [0.1, 0.15) is 4.99 Å². The van der Waals surface area contributed by atoms with Crippen LogP contribution in [0.1, 0.15) is 233 Å². The highest BCUT2D eigenvalue weighted by Crippen LogP contribution is 2.29. The van der Waals surface area contributed by atoms with Gasteiger partial charge in [-0.05, 0) is 66.1 Å². The second-order valence-corrected chi connectivity index (χ2v) is 17.8. The fourth-order valence-corrected chi connectivity index (χ4v) is 8.51. The van der Waals surface area contributed by atoms with Crippen molar-refractivity contribution in [1.82, 2.24) is 19.6 Å². The third-order valence-corrected chi connectivity index (χ3v) is 12.6. The van der Waals surface area contributed by atoms with E-state index in [2.05, 4.69) is 61.4 Å². The van der Waals surface area contributed by atoms with Crippen molar-refractivity contribution in [2.75, 3.05) is 40.5 Å². The zero-order chi connectivity index (χ0) is 37.4. The van der Waals surface area contributed by atoms with E-state index in [9.17, 15) is 0 Å². The molecule has 0 spiro atoms. The van der Waals surface area contributed by atoms with Crippen LogP contribution in [0.15, 0.2) is 0 Å². The Morgan fingerprint density at radius 1 is 0.412 bits per heavy atom. The number of rotatable bonds is 38. The first-order valence-electron chi connectivity index (χ1n) is 22.8. The minimum atomic E-state index is -0.218. The van der Waals surface area contributed by atoms with Crippen LogP contribution in [0.5, 0.6) is 0 Å². The molecule has 4 nitrogen and oxygen atoms in total. The summed E-state index contributed by atoms with van der Waals surface area (Å²) in [6, 6.07) is 0. The predicted octanol–water partition coefficient (Wildman–Crippen LogP) is 14.3. The molecule has 1 fully saturated rings. The quantitative estimate of drug-likeness (QED) is 0.0457. The Hall–Kier alpha value is -0.300. The topological polar surface area (TPSA) is 13.0 Å². The molecule has 0 atom stereocenters. The lowest BCUT2D eigenvalue weighted by molar-refractivity contribution is 0.176. The fraction of sp³-hybridized carbons (Fsp3) is 0.956. The molecular formula is C45H90N4S2. The Bertz CT molecular complexity index is 818. The van der Waals surface area contributed by atoms with E-state index >= 15 is 0 Å². The Morgan fingerprint density at radius 2 is 0.667 bits per heavy atom. The second kappa shape index (κ2) is 33.1. The highest BCUT2D eigenvalue weighted by Gasteiger charge is 2.45. The van der Waals surface area contributed by atoms with Gasteiger partial charge < -0.3 is 4.90 Å². The number of thiocarbonyl (C=S) groups is 2. The minimum Gasteiger partial charge on any atom is -0.324 e. The number of nitrogens with zero attached hydrogens (tertiary/aromatic N) is 4. The molecule has 0 amide bonds. The molecule has 0 aliphatic carbocycles. The van der Waals surface area contributed by atoms with Crippen molar-refractivity contribution in [2.45, 2.75) is 239 Å². The van der Waals surface area contributed by atoms with Gasteiger partial charge in [-0.15, -0.1) is 0 Å². The Labute approximate surface area is 332 Å². The van der Waals surface area contributed by atoms with Gasteiger partial charge in [-0.25, -0.2) is 0 Å². The summed E-state index contributed by atoms with van der Waals surface area (Å²) in [4.78, 5) is 10.4. The van der Waals surface area contributed by atoms with E-state index in [1.54, 1.807) is 0 Å². The Morgan fingerprint density at radius 3 is 0.961 bits per heavy atom. The van der Waals surface area contributed by atoms with Crippen molar-refractivity contribution in [1.29, 1.82) is 0 Å². The molecule has 0 aromatic heterocycles. The summed E-state index contributed by atoms with van der Waals surface area (Å²) in [7, 11) is 4.48. The molecule has 6 heteroatoms. The van der Waals surface area contributed by atoms with Gasteiger partial charge in [0.25, 0.3) is 0 Å². The average molecular weight is 751 g/mol. The second-order valence-electron chi connectivity index (χ2n) is 17.1. The zero-order valence-corrected chi connectivity index (χ0v) is 37.2. The van der Waals surface area contributed by atoms with Crippen molar-refractivity contribution in [3.63, 3.8) is 0 Å². The lowest BCUT2D eigenvalue weighted by atomic mass is 10.0. The third kappa shape index (κ3) is 24.7. The molecular weight excluding hydrogens is 661 g/mol. The molecule has 1 heterocycles. The number of hydrogen-bond donors (Lipinski definition) is 0. The summed E-state index contributed by atoms with van der Waals surface area (Å²) in [5.41, 5.74) is -0.218. The van der Waals surface area contributed by atoms with Crippen LogP contribution < -0.4 is 0 Å². The average Bonchev–Trinajstić information content (AvgIpc) is 3.26. The van der Waals surface area contributed by atoms with E-state index in [0.29, 0.717) is 0 Å². The van der Waals surface area contributed by atoms with Crippen LogP contribution in [-0.2, 0) is 0 Å². The monoisotopic (exact) mass is 751 g/mol. The van der Waals surface area contributed by atoms with E-state index in [1.165, 1.54) is 205 Å². The smallest absolute Gasteiger partial charge is 0.179 e. The third-order valence-electron chi connectivity index (χ3n) is 11.5. The van der Waals surface area contributed by atoms with Crippen molar-refractivity contribution in [3.8, 4) is 0 Å². The minimum absolute atomic E-state index is 0.218. The molecule has 0 unspecified atom stereocenters. The van der Waals surface area contributed by atoms with E-state index < -0.39 is 0 Å². The predicted molar refractivity (Wildman–Crippen MR) is 237 cm³/mol. The highest BCUT2D eigenvalue weighted by molar-refractivity contribution is 7.82. The maximum atomic E-state index is 6.04. The molecule has 0 bridgehead atoms. The molecule has 0 aromatic rings. The summed E-state index contributed by atoms with van der Waals surface area (Å²) >= 11 is 12.1. The number of unbranched alkanes of at least 4 members (excludes halogenated alkanes) is 30. The van der Waals surface area contributed by atoms with Gasteiger partial charge in [0.2, 0.25) is 0 Å². The van der Waals surface area contributed by atoms with Crippen LogP contribution in [0, 0.1) is 0 Å². The standard InChI is InChI=1S/C45H90N4S2/c1-7-9-11-13-15-17-19-21-23-25-27-29-31-33-35-37-39-46(5)41-48-43(50)45(3,4)49(44(48)51)42-47(6)40-38-36-34-32-30-28-26-24-22-20-18-16-14-12-10-8-2/h7-42H2,1-6H3. The van der Waals surface area contributed by atoms with E-state index in [-0.39, 0.29) is 5.54 Å². The molecule has 302 valence electrons.